The number of rotatable bonds is 6. The maximum Gasteiger partial charge on any atom is 0.259 e. The topological polar surface area (TPSA) is 85.3 Å². The lowest BCUT2D eigenvalue weighted by molar-refractivity contribution is -0.114. The van der Waals surface area contributed by atoms with Crippen LogP contribution in [0.4, 0.5) is 11.4 Å². The lowest BCUT2D eigenvalue weighted by atomic mass is 10.2. The zero-order chi connectivity index (χ0) is 21.8. The van der Waals surface area contributed by atoms with Crippen LogP contribution >= 0.6 is 11.3 Å². The van der Waals surface area contributed by atoms with Crippen LogP contribution in [0.5, 0.6) is 5.75 Å². The molecule has 0 aliphatic carbocycles. The molecule has 0 aliphatic heterocycles. The van der Waals surface area contributed by atoms with Gasteiger partial charge >= 0.3 is 0 Å². The number of anilines is 2. The third-order valence-electron chi connectivity index (χ3n) is 4.50. The maximum atomic E-state index is 13.3. The van der Waals surface area contributed by atoms with E-state index in [1.807, 2.05) is 47.8 Å². The molecule has 2 N–H and O–H groups in total. The first kappa shape index (κ1) is 20.4. The molecule has 0 bridgehead atoms. The average Bonchev–Trinajstić information content (AvgIpc) is 3.44. The van der Waals surface area contributed by atoms with Crippen molar-refractivity contribution in [2.75, 3.05) is 17.7 Å². The second-order valence-corrected chi connectivity index (χ2v) is 7.65. The summed E-state index contributed by atoms with van der Waals surface area (Å²) in [6, 6.07) is 18.5. The SMILES string of the molecule is COc1ccc(NC(C)=O)cc1NC(=O)c1cn(-c2ccccc2)nc1-c1cccs1. The first-order valence-electron chi connectivity index (χ1n) is 9.51. The second-order valence-electron chi connectivity index (χ2n) is 6.70. The van der Waals surface area contributed by atoms with Crippen molar-refractivity contribution in [2.24, 2.45) is 0 Å². The highest BCUT2D eigenvalue weighted by Crippen LogP contribution is 2.31. The molecule has 4 rings (SSSR count). The van der Waals surface area contributed by atoms with E-state index in [2.05, 4.69) is 15.7 Å². The molecule has 31 heavy (non-hydrogen) atoms. The Kier molecular flexibility index (Phi) is 5.81. The van der Waals surface area contributed by atoms with E-state index in [1.54, 1.807) is 29.1 Å². The molecule has 0 saturated carbocycles. The minimum atomic E-state index is -0.330. The number of para-hydroxylation sites is 1. The van der Waals surface area contributed by atoms with Gasteiger partial charge in [-0.3, -0.25) is 9.59 Å². The first-order chi connectivity index (χ1) is 15.0. The van der Waals surface area contributed by atoms with Gasteiger partial charge in [-0.05, 0) is 41.8 Å². The largest absolute Gasteiger partial charge is 0.495 e. The van der Waals surface area contributed by atoms with Gasteiger partial charge in [-0.25, -0.2) is 4.68 Å². The van der Waals surface area contributed by atoms with Gasteiger partial charge in [0.25, 0.3) is 5.91 Å². The predicted octanol–water partition coefficient (Wildman–Crippen LogP) is 4.82. The number of aromatic nitrogens is 2. The molecule has 2 heterocycles. The molecular formula is C23H20N4O3S. The number of hydrogen-bond donors (Lipinski definition) is 2. The van der Waals surface area contributed by atoms with Crippen LogP contribution in [0.2, 0.25) is 0 Å². The Bertz CT molecular complexity index is 1220. The standard InChI is InChI=1S/C23H20N4O3S/c1-15(28)24-16-10-11-20(30-2)19(13-16)25-23(29)18-14-27(17-7-4-3-5-8-17)26-22(18)21-9-6-12-31-21/h3-14H,1-2H3,(H,24,28)(H,25,29). The van der Waals surface area contributed by atoms with E-state index < -0.39 is 0 Å². The van der Waals surface area contributed by atoms with E-state index in [0.29, 0.717) is 28.4 Å². The maximum absolute atomic E-state index is 13.3. The van der Waals surface area contributed by atoms with Crippen molar-refractivity contribution in [2.45, 2.75) is 6.92 Å². The average molecular weight is 433 g/mol. The highest BCUT2D eigenvalue weighted by molar-refractivity contribution is 7.13. The number of nitrogens with zero attached hydrogens (tertiary/aromatic N) is 2. The van der Waals surface area contributed by atoms with E-state index in [0.717, 1.165) is 10.6 Å². The van der Waals surface area contributed by atoms with Crippen molar-refractivity contribution < 1.29 is 14.3 Å². The Morgan fingerprint density at radius 1 is 1.03 bits per heavy atom. The van der Waals surface area contributed by atoms with Crippen molar-refractivity contribution in [3.05, 3.63) is 77.8 Å². The summed E-state index contributed by atoms with van der Waals surface area (Å²) < 4.78 is 7.06. The molecule has 2 aromatic heterocycles. The molecule has 0 aliphatic rings. The Balaban J connectivity index is 1.72. The second kappa shape index (κ2) is 8.85. The van der Waals surface area contributed by atoms with Gasteiger partial charge in [0.2, 0.25) is 5.91 Å². The number of nitrogens with one attached hydrogen (secondary N) is 2. The van der Waals surface area contributed by atoms with Crippen molar-refractivity contribution in [1.29, 1.82) is 0 Å². The summed E-state index contributed by atoms with van der Waals surface area (Å²) in [4.78, 5) is 25.6. The van der Waals surface area contributed by atoms with Gasteiger partial charge in [0.1, 0.15) is 11.4 Å². The van der Waals surface area contributed by atoms with Crippen LogP contribution in [0.25, 0.3) is 16.3 Å². The molecule has 156 valence electrons. The molecule has 4 aromatic rings. The van der Waals surface area contributed by atoms with Crippen LogP contribution in [0.3, 0.4) is 0 Å². The lowest BCUT2D eigenvalue weighted by Crippen LogP contribution is -2.14. The predicted molar refractivity (Wildman–Crippen MR) is 122 cm³/mol. The Hall–Kier alpha value is -3.91. The highest BCUT2D eigenvalue weighted by Gasteiger charge is 2.21. The number of thiophene rings is 1. The number of ether oxygens (including phenoxy) is 1. The summed E-state index contributed by atoms with van der Waals surface area (Å²) in [5.74, 6) is -0.0500. The van der Waals surface area contributed by atoms with Crippen molar-refractivity contribution in [3.63, 3.8) is 0 Å². The molecule has 7 nitrogen and oxygen atoms in total. The van der Waals surface area contributed by atoms with Crippen LogP contribution in [0, 0.1) is 0 Å². The minimum absolute atomic E-state index is 0.202. The van der Waals surface area contributed by atoms with Crippen LogP contribution in [0.15, 0.2) is 72.2 Å². The molecule has 2 aromatic carbocycles. The fraction of sp³-hybridized carbons (Fsp3) is 0.0870. The minimum Gasteiger partial charge on any atom is -0.495 e. The summed E-state index contributed by atoms with van der Waals surface area (Å²) in [6.07, 6.45) is 1.71. The van der Waals surface area contributed by atoms with E-state index in [-0.39, 0.29) is 11.8 Å². The summed E-state index contributed by atoms with van der Waals surface area (Å²) in [7, 11) is 1.52. The molecule has 0 spiro atoms. The zero-order valence-electron chi connectivity index (χ0n) is 17.0. The number of carbonyl (C=O) groups is 2. The molecular weight excluding hydrogens is 412 g/mol. The summed E-state index contributed by atoms with van der Waals surface area (Å²) in [5, 5.41) is 12.2. The fourth-order valence-corrected chi connectivity index (χ4v) is 3.85. The fourth-order valence-electron chi connectivity index (χ4n) is 3.12. The van der Waals surface area contributed by atoms with Crippen LogP contribution in [-0.4, -0.2) is 28.7 Å². The van der Waals surface area contributed by atoms with Gasteiger partial charge in [-0.1, -0.05) is 24.3 Å². The number of methoxy groups -OCH3 is 1. The summed E-state index contributed by atoms with van der Waals surface area (Å²) in [6.45, 7) is 1.42. The molecule has 0 unspecified atom stereocenters. The van der Waals surface area contributed by atoms with Gasteiger partial charge in [0.15, 0.2) is 0 Å². The highest BCUT2D eigenvalue weighted by atomic mass is 32.1. The quantitative estimate of drug-likeness (QED) is 0.457. The normalized spacial score (nSPS) is 10.5. The van der Waals surface area contributed by atoms with Crippen molar-refractivity contribution >= 4 is 34.5 Å². The Labute approximate surface area is 183 Å². The van der Waals surface area contributed by atoms with Crippen molar-refractivity contribution in [3.8, 4) is 22.0 Å². The summed E-state index contributed by atoms with van der Waals surface area (Å²) in [5.41, 5.74) is 2.88. The third-order valence-corrected chi connectivity index (χ3v) is 5.38. The monoisotopic (exact) mass is 432 g/mol. The van der Waals surface area contributed by atoms with Gasteiger partial charge in [0, 0.05) is 18.8 Å². The van der Waals surface area contributed by atoms with Crippen LogP contribution < -0.4 is 15.4 Å². The van der Waals surface area contributed by atoms with Gasteiger partial charge in [-0.15, -0.1) is 11.3 Å². The smallest absolute Gasteiger partial charge is 0.259 e. The molecule has 0 radical (unpaired) electrons. The van der Waals surface area contributed by atoms with E-state index in [9.17, 15) is 9.59 Å². The number of benzene rings is 2. The number of carbonyl (C=O) groups excluding carboxylic acids is 2. The molecule has 0 fully saturated rings. The lowest BCUT2D eigenvalue weighted by Gasteiger charge is -2.12. The van der Waals surface area contributed by atoms with E-state index in [4.69, 9.17) is 4.74 Å². The van der Waals surface area contributed by atoms with Gasteiger partial charge in [-0.2, -0.15) is 5.10 Å². The van der Waals surface area contributed by atoms with Crippen LogP contribution in [-0.2, 0) is 4.79 Å². The first-order valence-corrected chi connectivity index (χ1v) is 10.4. The zero-order valence-corrected chi connectivity index (χ0v) is 17.8. The summed E-state index contributed by atoms with van der Waals surface area (Å²) >= 11 is 1.51. The Morgan fingerprint density at radius 2 is 1.84 bits per heavy atom. The van der Waals surface area contributed by atoms with Gasteiger partial charge < -0.3 is 15.4 Å². The van der Waals surface area contributed by atoms with Gasteiger partial charge in [0.05, 0.1) is 28.9 Å². The van der Waals surface area contributed by atoms with Crippen LogP contribution in [0.1, 0.15) is 17.3 Å². The third kappa shape index (κ3) is 4.49. The van der Waals surface area contributed by atoms with Crippen molar-refractivity contribution in [1.82, 2.24) is 9.78 Å². The molecule has 2 amide bonds. The Morgan fingerprint density at radius 3 is 2.52 bits per heavy atom. The number of amides is 2. The molecule has 8 heteroatoms. The number of hydrogen-bond acceptors (Lipinski definition) is 5. The molecule has 0 atom stereocenters. The molecule has 0 saturated heterocycles. The van der Waals surface area contributed by atoms with E-state index >= 15 is 0 Å². The van der Waals surface area contributed by atoms with E-state index in [1.165, 1.54) is 25.4 Å².